The number of imidazole rings is 1. The first kappa shape index (κ1) is 14.0. The molecule has 2 rings (SSSR count). The highest BCUT2D eigenvalue weighted by Gasteiger charge is 2.32. The quantitative estimate of drug-likeness (QED) is 0.730. The van der Waals surface area contributed by atoms with E-state index in [-0.39, 0.29) is 11.1 Å². The number of hydrogen-bond acceptors (Lipinski definition) is 4. The highest BCUT2D eigenvalue weighted by molar-refractivity contribution is 7.89. The molecule has 1 saturated carbocycles. The number of hydrogen-bond donors (Lipinski definition) is 3. The van der Waals surface area contributed by atoms with Crippen molar-refractivity contribution in [1.29, 1.82) is 0 Å². The third kappa shape index (κ3) is 3.13. The Morgan fingerprint density at radius 3 is 2.84 bits per heavy atom. The Kier molecular flexibility index (Phi) is 3.91. The Labute approximate surface area is 111 Å². The van der Waals surface area contributed by atoms with Crippen molar-refractivity contribution < 1.29 is 18.3 Å². The lowest BCUT2D eigenvalue weighted by molar-refractivity contribution is -0.141. The monoisotopic (exact) mass is 287 g/mol. The first-order valence-electron chi connectivity index (χ1n) is 6.21. The number of carboxylic acid groups (broad SMARTS) is 1. The van der Waals surface area contributed by atoms with Crippen LogP contribution in [0.1, 0.15) is 32.0 Å². The second kappa shape index (κ2) is 5.30. The van der Waals surface area contributed by atoms with E-state index in [1.807, 2.05) is 6.92 Å². The van der Waals surface area contributed by atoms with E-state index in [0.717, 1.165) is 0 Å². The highest BCUT2D eigenvalue weighted by atomic mass is 32.2. The topological polar surface area (TPSA) is 112 Å². The van der Waals surface area contributed by atoms with Crippen LogP contribution >= 0.6 is 0 Å². The molecule has 8 heteroatoms. The minimum Gasteiger partial charge on any atom is -0.481 e. The van der Waals surface area contributed by atoms with E-state index in [9.17, 15) is 13.2 Å². The van der Waals surface area contributed by atoms with Gasteiger partial charge in [-0.05, 0) is 19.3 Å². The van der Waals surface area contributed by atoms with Crippen molar-refractivity contribution in [2.75, 3.05) is 0 Å². The largest absolute Gasteiger partial charge is 0.481 e. The predicted molar refractivity (Wildman–Crippen MR) is 67.1 cm³/mol. The number of sulfonamides is 1. The average Bonchev–Trinajstić information content (AvgIpc) is 2.96. The Balaban J connectivity index is 2.04. The number of aromatic nitrogens is 2. The Hall–Kier alpha value is -1.41. The Morgan fingerprint density at radius 1 is 1.58 bits per heavy atom. The Morgan fingerprint density at radius 2 is 2.32 bits per heavy atom. The van der Waals surface area contributed by atoms with Crippen LogP contribution < -0.4 is 4.72 Å². The summed E-state index contributed by atoms with van der Waals surface area (Å²) >= 11 is 0. The lowest BCUT2D eigenvalue weighted by atomic mass is 10.1. The molecule has 2 atom stereocenters. The van der Waals surface area contributed by atoms with Gasteiger partial charge < -0.3 is 10.1 Å². The van der Waals surface area contributed by atoms with E-state index >= 15 is 0 Å². The molecule has 1 aromatic rings. The van der Waals surface area contributed by atoms with Crippen molar-refractivity contribution in [3.05, 3.63) is 12.0 Å². The third-order valence-electron chi connectivity index (χ3n) is 3.33. The molecule has 0 bridgehead atoms. The summed E-state index contributed by atoms with van der Waals surface area (Å²) < 4.78 is 26.7. The zero-order valence-corrected chi connectivity index (χ0v) is 11.4. The van der Waals surface area contributed by atoms with Crippen LogP contribution in [0.15, 0.2) is 11.2 Å². The number of carbonyl (C=O) groups is 1. The molecule has 106 valence electrons. The van der Waals surface area contributed by atoms with Crippen LogP contribution in [0.4, 0.5) is 0 Å². The van der Waals surface area contributed by atoms with Gasteiger partial charge in [0.2, 0.25) is 0 Å². The maximum absolute atomic E-state index is 12.1. The summed E-state index contributed by atoms with van der Waals surface area (Å²) in [5.41, 5.74) is 0. The maximum atomic E-state index is 12.1. The number of H-pyrrole nitrogens is 1. The van der Waals surface area contributed by atoms with Crippen LogP contribution in [0.5, 0.6) is 0 Å². The number of carboxylic acids is 1. The molecule has 1 fully saturated rings. The number of aromatic amines is 1. The van der Waals surface area contributed by atoms with Crippen LogP contribution in [0.25, 0.3) is 0 Å². The second-order valence-electron chi connectivity index (χ2n) is 4.71. The second-order valence-corrected chi connectivity index (χ2v) is 6.40. The number of aryl methyl sites for hydroxylation is 1. The van der Waals surface area contributed by atoms with Crippen LogP contribution in [0.2, 0.25) is 0 Å². The van der Waals surface area contributed by atoms with Crippen molar-refractivity contribution >= 4 is 16.0 Å². The molecule has 1 aliphatic rings. The van der Waals surface area contributed by atoms with Crippen molar-refractivity contribution in [1.82, 2.24) is 14.7 Å². The van der Waals surface area contributed by atoms with Crippen LogP contribution in [-0.4, -0.2) is 35.5 Å². The number of aliphatic carboxylic acids is 1. The minimum absolute atomic E-state index is 0.0307. The standard InChI is InChI=1S/C11H17N3O4S/c1-2-9-12-6-10(13-9)19(17,18)14-8-4-3-7(5-8)11(15)16/h6-8,14H,2-5H2,1H3,(H,12,13)(H,15,16). The van der Waals surface area contributed by atoms with E-state index < -0.39 is 21.9 Å². The summed E-state index contributed by atoms with van der Waals surface area (Å²) in [6.45, 7) is 1.87. The normalized spacial score (nSPS) is 23.6. The van der Waals surface area contributed by atoms with E-state index in [1.54, 1.807) is 0 Å². The fourth-order valence-electron chi connectivity index (χ4n) is 2.26. The molecule has 1 heterocycles. The van der Waals surface area contributed by atoms with Gasteiger partial charge in [-0.15, -0.1) is 0 Å². The van der Waals surface area contributed by atoms with Gasteiger partial charge >= 0.3 is 5.97 Å². The molecule has 1 aliphatic carbocycles. The summed E-state index contributed by atoms with van der Waals surface area (Å²) in [5.74, 6) is -0.715. The maximum Gasteiger partial charge on any atom is 0.306 e. The van der Waals surface area contributed by atoms with Gasteiger partial charge in [-0.1, -0.05) is 6.92 Å². The van der Waals surface area contributed by atoms with E-state index in [1.165, 1.54) is 6.20 Å². The van der Waals surface area contributed by atoms with Gasteiger partial charge in [0.25, 0.3) is 10.0 Å². The fourth-order valence-corrected chi connectivity index (χ4v) is 3.48. The summed E-state index contributed by atoms with van der Waals surface area (Å²) in [7, 11) is -3.64. The van der Waals surface area contributed by atoms with Crippen LogP contribution in [-0.2, 0) is 21.2 Å². The summed E-state index contributed by atoms with van der Waals surface area (Å²) in [6, 6.07) is -0.320. The fraction of sp³-hybridized carbons (Fsp3) is 0.636. The molecule has 1 aromatic heterocycles. The van der Waals surface area contributed by atoms with Gasteiger partial charge in [0.15, 0.2) is 5.03 Å². The summed E-state index contributed by atoms with van der Waals surface area (Å²) in [4.78, 5) is 17.5. The van der Waals surface area contributed by atoms with Gasteiger partial charge in [-0.3, -0.25) is 4.79 Å². The first-order valence-corrected chi connectivity index (χ1v) is 7.69. The molecular formula is C11H17N3O4S. The molecule has 7 nitrogen and oxygen atoms in total. The number of nitrogens with zero attached hydrogens (tertiary/aromatic N) is 1. The molecule has 0 amide bonds. The smallest absolute Gasteiger partial charge is 0.306 e. The van der Waals surface area contributed by atoms with Crippen LogP contribution in [0.3, 0.4) is 0 Å². The number of nitrogens with one attached hydrogen (secondary N) is 2. The van der Waals surface area contributed by atoms with Gasteiger partial charge in [0.1, 0.15) is 5.82 Å². The van der Waals surface area contributed by atoms with Gasteiger partial charge in [0, 0.05) is 12.5 Å². The molecule has 0 spiro atoms. The number of rotatable bonds is 5. The van der Waals surface area contributed by atoms with Crippen molar-refractivity contribution in [2.24, 2.45) is 5.92 Å². The van der Waals surface area contributed by atoms with Crippen molar-refractivity contribution in [3.8, 4) is 0 Å². The van der Waals surface area contributed by atoms with E-state index in [2.05, 4.69) is 14.7 Å². The molecule has 0 radical (unpaired) electrons. The molecule has 3 N–H and O–H groups in total. The Bertz CT molecular complexity index is 566. The summed E-state index contributed by atoms with van der Waals surface area (Å²) in [5, 5.41) is 8.92. The van der Waals surface area contributed by atoms with E-state index in [0.29, 0.717) is 31.5 Å². The average molecular weight is 287 g/mol. The lowest BCUT2D eigenvalue weighted by Crippen LogP contribution is -2.33. The SMILES string of the molecule is CCc1ncc(S(=O)(=O)NC2CCC(C(=O)O)C2)[nH]1. The van der Waals surface area contributed by atoms with Gasteiger partial charge in [-0.2, -0.15) is 0 Å². The molecule has 0 aromatic carbocycles. The highest BCUT2D eigenvalue weighted by Crippen LogP contribution is 2.26. The van der Waals surface area contributed by atoms with Gasteiger partial charge in [0.05, 0.1) is 12.1 Å². The van der Waals surface area contributed by atoms with Crippen LogP contribution in [0, 0.1) is 5.92 Å². The zero-order chi connectivity index (χ0) is 14.0. The molecule has 19 heavy (non-hydrogen) atoms. The first-order chi connectivity index (χ1) is 8.92. The zero-order valence-electron chi connectivity index (χ0n) is 10.6. The molecule has 0 aliphatic heterocycles. The van der Waals surface area contributed by atoms with E-state index in [4.69, 9.17) is 5.11 Å². The molecule has 0 saturated heterocycles. The van der Waals surface area contributed by atoms with Gasteiger partial charge in [-0.25, -0.2) is 18.1 Å². The lowest BCUT2D eigenvalue weighted by Gasteiger charge is -2.11. The predicted octanol–water partition coefficient (Wildman–Crippen LogP) is 0.504. The molecule has 2 unspecified atom stereocenters. The summed E-state index contributed by atoms with van der Waals surface area (Å²) in [6.07, 6.45) is 3.30. The van der Waals surface area contributed by atoms with Crippen molar-refractivity contribution in [2.45, 2.75) is 43.7 Å². The minimum atomic E-state index is -3.64. The third-order valence-corrected chi connectivity index (χ3v) is 4.76. The molecular weight excluding hydrogens is 270 g/mol. The van der Waals surface area contributed by atoms with Crippen molar-refractivity contribution in [3.63, 3.8) is 0 Å².